The van der Waals surface area contributed by atoms with Crippen molar-refractivity contribution in [2.24, 2.45) is 0 Å². The molecule has 2 heteroatoms. The first kappa shape index (κ1) is 11.9. The van der Waals surface area contributed by atoms with Gasteiger partial charge in [-0.25, -0.2) is 4.98 Å². The third-order valence-corrected chi connectivity index (χ3v) is 4.78. The average molecular weight is 257 g/mol. The van der Waals surface area contributed by atoms with E-state index in [1.165, 1.54) is 41.1 Å². The van der Waals surface area contributed by atoms with E-state index in [-0.39, 0.29) is 0 Å². The fourth-order valence-electron chi connectivity index (χ4n) is 2.74. The molecule has 18 heavy (non-hydrogen) atoms. The molecule has 0 N–H and O–H groups in total. The minimum atomic E-state index is 0.535. The third-order valence-electron chi connectivity index (χ3n) is 3.80. The standard InChI is InChI=1S/C16H19NS/c1-11(2)15-10-18-16(17-15)14-9-5-7-12-6-3-4-8-13(12)14/h3-4,6,8,10-11,14H,5,7,9H2,1-2H3. The molecule has 0 saturated carbocycles. The predicted molar refractivity (Wildman–Crippen MR) is 77.4 cm³/mol. The average Bonchev–Trinajstić information content (AvgIpc) is 2.87. The monoisotopic (exact) mass is 257 g/mol. The van der Waals surface area contributed by atoms with Crippen LogP contribution in [0, 0.1) is 0 Å². The topological polar surface area (TPSA) is 12.9 Å². The summed E-state index contributed by atoms with van der Waals surface area (Å²) in [5.74, 6) is 1.07. The summed E-state index contributed by atoms with van der Waals surface area (Å²) in [4.78, 5) is 4.85. The summed E-state index contributed by atoms with van der Waals surface area (Å²) in [6.07, 6.45) is 3.77. The number of nitrogens with zero attached hydrogens (tertiary/aromatic N) is 1. The van der Waals surface area contributed by atoms with Gasteiger partial charge in [-0.05, 0) is 36.3 Å². The Bertz CT molecular complexity index is 542. The lowest BCUT2D eigenvalue weighted by molar-refractivity contribution is 0.610. The van der Waals surface area contributed by atoms with Crippen molar-refractivity contribution in [3.63, 3.8) is 0 Å². The molecule has 1 aliphatic carbocycles. The molecule has 1 aromatic heterocycles. The van der Waals surface area contributed by atoms with Gasteiger partial charge in [0, 0.05) is 11.3 Å². The molecule has 0 saturated heterocycles. The number of hydrogen-bond donors (Lipinski definition) is 0. The van der Waals surface area contributed by atoms with Crippen molar-refractivity contribution in [2.45, 2.75) is 44.9 Å². The van der Waals surface area contributed by atoms with Crippen LogP contribution in [0.2, 0.25) is 0 Å². The molecule has 0 aliphatic heterocycles. The smallest absolute Gasteiger partial charge is 0.100 e. The number of fused-ring (bicyclic) bond motifs is 1. The Labute approximate surface area is 113 Å². The second-order valence-corrected chi connectivity index (χ2v) is 6.30. The first-order valence-electron chi connectivity index (χ1n) is 6.79. The molecular formula is C16H19NS. The van der Waals surface area contributed by atoms with Gasteiger partial charge < -0.3 is 0 Å². The molecule has 2 aromatic rings. The van der Waals surface area contributed by atoms with Crippen LogP contribution in [0.1, 0.15) is 60.4 Å². The molecule has 1 nitrogen and oxygen atoms in total. The molecule has 0 fully saturated rings. The molecule has 0 amide bonds. The van der Waals surface area contributed by atoms with E-state index < -0.39 is 0 Å². The Kier molecular flexibility index (Phi) is 3.21. The van der Waals surface area contributed by atoms with Crippen molar-refractivity contribution in [2.75, 3.05) is 0 Å². The van der Waals surface area contributed by atoms with Gasteiger partial charge in [0.15, 0.2) is 0 Å². The summed E-state index contributed by atoms with van der Waals surface area (Å²) < 4.78 is 0. The van der Waals surface area contributed by atoms with Gasteiger partial charge in [0.05, 0.1) is 5.69 Å². The van der Waals surface area contributed by atoms with Crippen molar-refractivity contribution in [1.29, 1.82) is 0 Å². The number of thiazole rings is 1. The zero-order valence-corrected chi connectivity index (χ0v) is 11.8. The first-order chi connectivity index (χ1) is 8.75. The van der Waals surface area contributed by atoms with Gasteiger partial charge >= 0.3 is 0 Å². The summed E-state index contributed by atoms with van der Waals surface area (Å²) in [6, 6.07) is 8.88. The van der Waals surface area contributed by atoms with Crippen molar-refractivity contribution in [1.82, 2.24) is 4.98 Å². The van der Waals surface area contributed by atoms with E-state index in [0.717, 1.165) is 0 Å². The summed E-state index contributed by atoms with van der Waals surface area (Å²) >= 11 is 1.84. The zero-order chi connectivity index (χ0) is 12.5. The fraction of sp³-hybridized carbons (Fsp3) is 0.438. The summed E-state index contributed by atoms with van der Waals surface area (Å²) in [7, 11) is 0. The van der Waals surface area contributed by atoms with Crippen LogP contribution in [0.5, 0.6) is 0 Å². The molecule has 3 rings (SSSR count). The van der Waals surface area contributed by atoms with Crippen LogP contribution >= 0.6 is 11.3 Å². The highest BCUT2D eigenvalue weighted by Gasteiger charge is 2.24. The molecule has 0 bridgehead atoms. The highest BCUT2D eigenvalue weighted by atomic mass is 32.1. The van der Waals surface area contributed by atoms with Crippen LogP contribution in [-0.4, -0.2) is 4.98 Å². The number of aryl methyl sites for hydroxylation is 1. The van der Waals surface area contributed by atoms with Crippen molar-refractivity contribution < 1.29 is 0 Å². The number of hydrogen-bond acceptors (Lipinski definition) is 2. The Balaban J connectivity index is 1.97. The molecule has 1 unspecified atom stereocenters. The highest BCUT2D eigenvalue weighted by Crippen LogP contribution is 2.38. The van der Waals surface area contributed by atoms with Crippen LogP contribution in [0.15, 0.2) is 29.6 Å². The van der Waals surface area contributed by atoms with Crippen LogP contribution in [0.3, 0.4) is 0 Å². The number of rotatable bonds is 2. The Morgan fingerprint density at radius 1 is 1.28 bits per heavy atom. The van der Waals surface area contributed by atoms with Crippen LogP contribution in [0.25, 0.3) is 0 Å². The number of benzene rings is 1. The molecule has 1 aromatic carbocycles. The highest BCUT2D eigenvalue weighted by molar-refractivity contribution is 7.09. The maximum atomic E-state index is 4.85. The second kappa shape index (κ2) is 4.85. The van der Waals surface area contributed by atoms with E-state index in [2.05, 4.69) is 43.5 Å². The lowest BCUT2D eigenvalue weighted by atomic mass is 9.83. The normalized spacial score (nSPS) is 18.9. The van der Waals surface area contributed by atoms with Crippen LogP contribution in [0.4, 0.5) is 0 Å². The number of aromatic nitrogens is 1. The van der Waals surface area contributed by atoms with Crippen LogP contribution < -0.4 is 0 Å². The van der Waals surface area contributed by atoms with Gasteiger partial charge in [-0.2, -0.15) is 0 Å². The van der Waals surface area contributed by atoms with Crippen molar-refractivity contribution in [3.05, 3.63) is 51.5 Å². The van der Waals surface area contributed by atoms with Gasteiger partial charge in [0.2, 0.25) is 0 Å². The van der Waals surface area contributed by atoms with Crippen LogP contribution in [-0.2, 0) is 6.42 Å². The maximum Gasteiger partial charge on any atom is 0.100 e. The molecule has 94 valence electrons. The summed E-state index contributed by atoms with van der Waals surface area (Å²) in [6.45, 7) is 4.43. The van der Waals surface area contributed by atoms with E-state index >= 15 is 0 Å². The van der Waals surface area contributed by atoms with E-state index in [9.17, 15) is 0 Å². The van der Waals surface area contributed by atoms with E-state index in [1.807, 2.05) is 11.3 Å². The van der Waals surface area contributed by atoms with E-state index in [4.69, 9.17) is 4.98 Å². The molecule has 1 aliphatic rings. The minimum absolute atomic E-state index is 0.535. The first-order valence-corrected chi connectivity index (χ1v) is 7.67. The van der Waals surface area contributed by atoms with Gasteiger partial charge in [-0.15, -0.1) is 11.3 Å². The van der Waals surface area contributed by atoms with E-state index in [0.29, 0.717) is 11.8 Å². The zero-order valence-electron chi connectivity index (χ0n) is 11.0. The van der Waals surface area contributed by atoms with Gasteiger partial charge in [0.25, 0.3) is 0 Å². The van der Waals surface area contributed by atoms with E-state index in [1.54, 1.807) is 0 Å². The molecule has 0 spiro atoms. The third kappa shape index (κ3) is 2.10. The fourth-order valence-corrected chi connectivity index (χ4v) is 3.87. The summed E-state index contributed by atoms with van der Waals surface area (Å²) in [5.41, 5.74) is 4.28. The van der Waals surface area contributed by atoms with Crippen molar-refractivity contribution in [3.8, 4) is 0 Å². The minimum Gasteiger partial charge on any atom is -0.245 e. The van der Waals surface area contributed by atoms with Gasteiger partial charge in [-0.3, -0.25) is 0 Å². The maximum absolute atomic E-state index is 4.85. The Morgan fingerprint density at radius 3 is 2.89 bits per heavy atom. The molecule has 1 heterocycles. The Morgan fingerprint density at radius 2 is 2.11 bits per heavy atom. The van der Waals surface area contributed by atoms with Gasteiger partial charge in [-0.1, -0.05) is 38.1 Å². The van der Waals surface area contributed by atoms with Crippen molar-refractivity contribution >= 4 is 11.3 Å². The Hall–Kier alpha value is -1.15. The molecular weight excluding hydrogens is 238 g/mol. The quantitative estimate of drug-likeness (QED) is 0.757. The molecule has 1 atom stereocenters. The summed E-state index contributed by atoms with van der Waals surface area (Å²) in [5, 5.41) is 3.54. The predicted octanol–water partition coefficient (Wildman–Crippen LogP) is 4.73. The second-order valence-electron chi connectivity index (χ2n) is 5.41. The lowest BCUT2D eigenvalue weighted by Crippen LogP contribution is -2.10. The van der Waals surface area contributed by atoms with Gasteiger partial charge in [0.1, 0.15) is 5.01 Å². The largest absolute Gasteiger partial charge is 0.245 e. The SMILES string of the molecule is CC(C)c1csc(C2CCCc3ccccc32)n1. The molecule has 0 radical (unpaired) electrons. The lowest BCUT2D eigenvalue weighted by Gasteiger charge is -2.23.